The lowest BCUT2D eigenvalue weighted by Crippen LogP contribution is -2.34. The third kappa shape index (κ3) is 5.33. The summed E-state index contributed by atoms with van der Waals surface area (Å²) in [4.78, 5) is 13.3. The lowest BCUT2D eigenvalue weighted by atomic mass is 9.88. The summed E-state index contributed by atoms with van der Waals surface area (Å²) < 4.78 is 65.6. The Bertz CT molecular complexity index is 1600. The lowest BCUT2D eigenvalue weighted by molar-refractivity contribution is -0.144. The second kappa shape index (κ2) is 10.3. The Labute approximate surface area is 237 Å². The number of hydrogen-bond acceptors (Lipinski definition) is 7. The molecule has 1 saturated heterocycles. The first-order valence-corrected chi connectivity index (χ1v) is 13.4. The van der Waals surface area contributed by atoms with Crippen molar-refractivity contribution < 1.29 is 27.0 Å². The van der Waals surface area contributed by atoms with E-state index in [0.29, 0.717) is 28.8 Å². The first-order chi connectivity index (χ1) is 19.5. The molecule has 2 aromatic carbocycles. The number of likely N-dealkylation sites (tertiary alicyclic amines) is 1. The van der Waals surface area contributed by atoms with Crippen molar-refractivity contribution in [3.8, 4) is 23.0 Å². The molecule has 0 unspecified atom stereocenters. The molecule has 0 radical (unpaired) electrons. The molecule has 1 fully saturated rings. The number of rotatable bonds is 5. The predicted octanol–water partition coefficient (Wildman–Crippen LogP) is 6.41. The number of ether oxygens (including phenoxy) is 2. The number of alkyl halides is 3. The molecule has 214 valence electrons. The van der Waals surface area contributed by atoms with Crippen LogP contribution in [0.15, 0.2) is 42.6 Å². The molecule has 4 heterocycles. The summed E-state index contributed by atoms with van der Waals surface area (Å²) in [5.74, 6) is -1.66. The van der Waals surface area contributed by atoms with Gasteiger partial charge < -0.3 is 14.5 Å². The fourth-order valence-corrected chi connectivity index (χ4v) is 5.49. The minimum absolute atomic E-state index is 0.0863. The topological polar surface area (TPSA) is 89.0 Å². The summed E-state index contributed by atoms with van der Waals surface area (Å²) in [7, 11) is 0. The molecule has 2 aromatic heterocycles. The van der Waals surface area contributed by atoms with Crippen molar-refractivity contribution in [2.24, 2.45) is 0 Å². The number of fused-ring (bicyclic) bond motifs is 1. The van der Waals surface area contributed by atoms with Crippen molar-refractivity contribution in [3.05, 3.63) is 81.8 Å². The molecule has 6 rings (SSSR count). The lowest BCUT2D eigenvalue weighted by Gasteiger charge is -2.32. The zero-order chi connectivity index (χ0) is 28.9. The Kier molecular flexibility index (Phi) is 6.85. The highest BCUT2D eigenvalue weighted by molar-refractivity contribution is 6.30. The Morgan fingerprint density at radius 3 is 2.59 bits per heavy atom. The van der Waals surface area contributed by atoms with E-state index in [1.54, 1.807) is 26.0 Å². The Hall–Kier alpha value is -3.77. The normalized spacial score (nSPS) is 19.6. The molecule has 13 heteroatoms. The molecule has 1 atom stereocenters. The van der Waals surface area contributed by atoms with E-state index < -0.39 is 23.6 Å². The number of hydrogen-bond donors (Lipinski definition) is 1. The van der Waals surface area contributed by atoms with Crippen molar-refractivity contribution in [3.63, 3.8) is 0 Å². The molecule has 2 aliphatic heterocycles. The van der Waals surface area contributed by atoms with Crippen LogP contribution >= 0.6 is 11.6 Å². The van der Waals surface area contributed by atoms with Gasteiger partial charge in [0.1, 0.15) is 11.5 Å². The summed E-state index contributed by atoms with van der Waals surface area (Å²) in [5, 5.41) is 7.00. The molecule has 4 aromatic rings. The number of aromatic amines is 1. The van der Waals surface area contributed by atoms with Gasteiger partial charge in [-0.15, -0.1) is 10.2 Å². The first kappa shape index (κ1) is 27.4. The van der Waals surface area contributed by atoms with Gasteiger partial charge in [0.15, 0.2) is 17.3 Å². The fourth-order valence-electron chi connectivity index (χ4n) is 5.33. The number of benzene rings is 2. The van der Waals surface area contributed by atoms with Crippen LogP contribution in [-0.4, -0.2) is 43.1 Å². The van der Waals surface area contributed by atoms with Crippen LogP contribution in [0, 0.1) is 12.7 Å². The SMILES string of the molecule is Cc1nc(-c2nnc(C(F)(F)F)[nH]2)cnc1CN1CCC(c2cccc3c2O[C@@](C)(c2ccc(Cl)cc2F)O3)CC1. The molecule has 0 saturated carbocycles. The van der Waals surface area contributed by atoms with E-state index in [0.717, 1.165) is 37.2 Å². The van der Waals surface area contributed by atoms with Crippen LogP contribution in [0.25, 0.3) is 11.5 Å². The van der Waals surface area contributed by atoms with Crippen LogP contribution in [-0.2, 0) is 18.5 Å². The van der Waals surface area contributed by atoms with Crippen LogP contribution in [0.4, 0.5) is 17.6 Å². The monoisotopic (exact) mass is 588 g/mol. The summed E-state index contributed by atoms with van der Waals surface area (Å²) in [6.07, 6.45) is -1.50. The number of nitrogens with one attached hydrogen (secondary N) is 1. The van der Waals surface area contributed by atoms with Gasteiger partial charge in [-0.25, -0.2) is 9.37 Å². The zero-order valence-corrected chi connectivity index (χ0v) is 22.9. The zero-order valence-electron chi connectivity index (χ0n) is 22.1. The van der Waals surface area contributed by atoms with Gasteiger partial charge in [0, 0.05) is 24.1 Å². The number of para-hydroxylation sites is 1. The predicted molar refractivity (Wildman–Crippen MR) is 141 cm³/mol. The van der Waals surface area contributed by atoms with E-state index in [1.165, 1.54) is 12.3 Å². The van der Waals surface area contributed by atoms with Gasteiger partial charge in [0.2, 0.25) is 5.82 Å². The van der Waals surface area contributed by atoms with Crippen molar-refractivity contribution in [2.45, 2.75) is 51.1 Å². The largest absolute Gasteiger partial charge is 0.451 e. The Morgan fingerprint density at radius 2 is 1.90 bits per heavy atom. The maximum absolute atomic E-state index is 14.7. The molecule has 0 bridgehead atoms. The van der Waals surface area contributed by atoms with E-state index in [2.05, 4.69) is 30.0 Å². The fraction of sp³-hybridized carbons (Fsp3) is 0.357. The minimum atomic E-state index is -4.62. The second-order valence-corrected chi connectivity index (χ2v) is 10.7. The van der Waals surface area contributed by atoms with E-state index in [4.69, 9.17) is 21.1 Å². The van der Waals surface area contributed by atoms with E-state index >= 15 is 0 Å². The van der Waals surface area contributed by atoms with Crippen LogP contribution < -0.4 is 9.47 Å². The van der Waals surface area contributed by atoms with Gasteiger partial charge in [0.25, 0.3) is 5.79 Å². The highest BCUT2D eigenvalue weighted by Gasteiger charge is 2.43. The number of aryl methyl sites for hydroxylation is 1. The maximum atomic E-state index is 14.7. The van der Waals surface area contributed by atoms with Crippen molar-refractivity contribution in [2.75, 3.05) is 13.1 Å². The first-order valence-electron chi connectivity index (χ1n) is 13.0. The molecule has 1 N–H and O–H groups in total. The van der Waals surface area contributed by atoms with Crippen LogP contribution in [0.2, 0.25) is 5.02 Å². The summed E-state index contributed by atoms with van der Waals surface area (Å²) >= 11 is 5.93. The maximum Gasteiger partial charge on any atom is 0.451 e. The van der Waals surface area contributed by atoms with E-state index in [-0.39, 0.29) is 23.0 Å². The Morgan fingerprint density at radius 1 is 1.12 bits per heavy atom. The third-order valence-corrected chi connectivity index (χ3v) is 7.71. The summed E-state index contributed by atoms with van der Waals surface area (Å²) in [6, 6.07) is 10.2. The van der Waals surface area contributed by atoms with Crippen LogP contribution in [0.3, 0.4) is 0 Å². The smallest absolute Gasteiger partial charge is 0.444 e. The quantitative estimate of drug-likeness (QED) is 0.270. The summed E-state index contributed by atoms with van der Waals surface area (Å²) in [6.45, 7) is 5.59. The standard InChI is InChI=1S/C28H25ClF4N6O2/c1-15-22(34-13-21(35-15)25-36-26(38-37-25)28(31,32)33)14-39-10-8-16(9-11-39)18-4-3-5-23-24(18)41-27(2,40-23)19-7-6-17(29)12-20(19)30/h3-7,12-13,16H,8-11,14H2,1-2H3,(H,36,37,38)/t27-/m0/s1. The van der Waals surface area contributed by atoms with Gasteiger partial charge >= 0.3 is 6.18 Å². The number of H-pyrrole nitrogens is 1. The van der Waals surface area contributed by atoms with E-state index in [9.17, 15) is 17.6 Å². The van der Waals surface area contributed by atoms with Gasteiger partial charge in [0.05, 0.1) is 23.1 Å². The molecule has 2 aliphatic rings. The summed E-state index contributed by atoms with van der Waals surface area (Å²) in [5.41, 5.74) is 2.82. The van der Waals surface area contributed by atoms with Gasteiger partial charge in [-0.3, -0.25) is 9.88 Å². The molecule has 0 amide bonds. The molecule has 0 spiro atoms. The van der Waals surface area contributed by atoms with Crippen molar-refractivity contribution >= 4 is 11.6 Å². The highest BCUT2D eigenvalue weighted by Crippen LogP contribution is 2.49. The Balaban J connectivity index is 1.12. The van der Waals surface area contributed by atoms with Crippen molar-refractivity contribution in [1.29, 1.82) is 0 Å². The molecular weight excluding hydrogens is 564 g/mol. The highest BCUT2D eigenvalue weighted by atomic mass is 35.5. The third-order valence-electron chi connectivity index (χ3n) is 7.48. The minimum Gasteiger partial charge on any atom is -0.444 e. The van der Waals surface area contributed by atoms with Gasteiger partial charge in [-0.2, -0.15) is 13.2 Å². The van der Waals surface area contributed by atoms with E-state index in [1.807, 2.05) is 18.2 Å². The number of aromatic nitrogens is 5. The van der Waals surface area contributed by atoms with Crippen LogP contribution in [0.1, 0.15) is 54.0 Å². The van der Waals surface area contributed by atoms with Gasteiger partial charge in [-0.1, -0.05) is 23.7 Å². The number of piperidine rings is 1. The van der Waals surface area contributed by atoms with Crippen molar-refractivity contribution in [1.82, 2.24) is 30.0 Å². The number of halogens is 5. The molecular formula is C28H25ClF4N6O2. The van der Waals surface area contributed by atoms with Gasteiger partial charge in [-0.05, 0) is 63.0 Å². The average molecular weight is 589 g/mol. The molecule has 41 heavy (non-hydrogen) atoms. The number of nitrogens with zero attached hydrogens (tertiary/aromatic N) is 5. The van der Waals surface area contributed by atoms with Crippen LogP contribution in [0.5, 0.6) is 11.5 Å². The molecule has 0 aliphatic carbocycles. The second-order valence-electron chi connectivity index (χ2n) is 10.3. The molecule has 8 nitrogen and oxygen atoms in total. The average Bonchev–Trinajstić information content (AvgIpc) is 3.55.